The number of carbonyl (C=O) groups excluding carboxylic acids is 1. The predicted molar refractivity (Wildman–Crippen MR) is 128 cm³/mol. The number of hydrogen-bond donors (Lipinski definition) is 3. The number of nitrogens with one attached hydrogen (secondary N) is 3. The summed E-state index contributed by atoms with van der Waals surface area (Å²) in [5.41, 5.74) is 2.95. The number of halogens is 2. The first-order valence-electron chi connectivity index (χ1n) is 11.8. The molecule has 1 heterocycles. The summed E-state index contributed by atoms with van der Waals surface area (Å²) in [5, 5.41) is 9.25. The van der Waals surface area contributed by atoms with E-state index in [4.69, 9.17) is 9.97 Å². The van der Waals surface area contributed by atoms with Crippen molar-refractivity contribution in [2.75, 3.05) is 29.6 Å². The van der Waals surface area contributed by atoms with Gasteiger partial charge in [-0.2, -0.15) is 13.8 Å². The number of aromatic nitrogens is 2. The van der Waals surface area contributed by atoms with Crippen molar-refractivity contribution in [1.82, 2.24) is 15.3 Å². The Morgan fingerprint density at radius 2 is 1.71 bits per heavy atom. The van der Waals surface area contributed by atoms with Gasteiger partial charge in [0.2, 0.25) is 5.95 Å². The van der Waals surface area contributed by atoms with Gasteiger partial charge in [0.1, 0.15) is 11.6 Å². The first-order chi connectivity index (χ1) is 16.4. The molecule has 2 amide bonds. The van der Waals surface area contributed by atoms with E-state index in [0.29, 0.717) is 11.6 Å². The van der Waals surface area contributed by atoms with E-state index in [-0.39, 0.29) is 23.9 Å². The number of rotatable bonds is 7. The molecule has 0 saturated heterocycles. The molecule has 8 nitrogen and oxygen atoms in total. The third kappa shape index (κ3) is 6.24. The third-order valence-corrected chi connectivity index (χ3v) is 6.32. The maximum atomic E-state index is 12.3. The van der Waals surface area contributed by atoms with Crippen LogP contribution in [-0.4, -0.2) is 48.8 Å². The zero-order chi connectivity index (χ0) is 24.1. The molecule has 2 aromatic rings. The molecule has 184 valence electrons. The van der Waals surface area contributed by atoms with Crippen LogP contribution in [0, 0.1) is 0 Å². The molecule has 0 unspecified atom stereocenters. The van der Waals surface area contributed by atoms with Gasteiger partial charge in [-0.1, -0.05) is 0 Å². The summed E-state index contributed by atoms with van der Waals surface area (Å²) in [6, 6.07) is 5.86. The largest absolute Gasteiger partial charge is 0.435 e. The highest BCUT2D eigenvalue weighted by Crippen LogP contribution is 2.29. The van der Waals surface area contributed by atoms with Crippen LogP contribution in [0.5, 0.6) is 5.75 Å². The number of urea groups is 1. The van der Waals surface area contributed by atoms with Gasteiger partial charge in [0.25, 0.3) is 0 Å². The van der Waals surface area contributed by atoms with E-state index in [1.54, 1.807) is 0 Å². The van der Waals surface area contributed by atoms with Crippen LogP contribution in [0.1, 0.15) is 49.8 Å². The van der Waals surface area contributed by atoms with Crippen molar-refractivity contribution >= 4 is 23.5 Å². The van der Waals surface area contributed by atoms with Crippen LogP contribution in [0.4, 0.5) is 31.0 Å². The Balaban J connectivity index is 1.26. The van der Waals surface area contributed by atoms with Crippen LogP contribution >= 0.6 is 0 Å². The molecule has 4 rings (SSSR count). The van der Waals surface area contributed by atoms with E-state index in [1.807, 2.05) is 14.1 Å². The van der Waals surface area contributed by atoms with Gasteiger partial charge in [0.15, 0.2) is 0 Å². The molecule has 2 aliphatic rings. The molecule has 0 radical (unpaired) electrons. The average Bonchev–Trinajstić information content (AvgIpc) is 2.80. The monoisotopic (exact) mass is 474 g/mol. The Morgan fingerprint density at radius 3 is 2.38 bits per heavy atom. The van der Waals surface area contributed by atoms with Crippen molar-refractivity contribution in [3.05, 3.63) is 35.5 Å². The first-order valence-corrected chi connectivity index (χ1v) is 11.8. The van der Waals surface area contributed by atoms with Gasteiger partial charge in [-0.15, -0.1) is 0 Å². The van der Waals surface area contributed by atoms with Gasteiger partial charge in [-0.05, 0) is 75.6 Å². The van der Waals surface area contributed by atoms with E-state index in [0.717, 1.165) is 50.0 Å². The van der Waals surface area contributed by atoms with Crippen LogP contribution in [-0.2, 0) is 12.8 Å². The maximum Gasteiger partial charge on any atom is 0.387 e. The lowest BCUT2D eigenvalue weighted by Gasteiger charge is -2.30. The van der Waals surface area contributed by atoms with Crippen molar-refractivity contribution in [1.29, 1.82) is 0 Å². The molecule has 1 aromatic carbocycles. The summed E-state index contributed by atoms with van der Waals surface area (Å²) < 4.78 is 28.8. The number of nitrogens with zero attached hydrogens (tertiary/aromatic N) is 3. The van der Waals surface area contributed by atoms with Gasteiger partial charge in [0.05, 0.1) is 5.69 Å². The number of amides is 2. The predicted octanol–water partition coefficient (Wildman–Crippen LogP) is 4.57. The molecule has 0 aliphatic heterocycles. The van der Waals surface area contributed by atoms with Crippen LogP contribution in [0.3, 0.4) is 0 Å². The highest BCUT2D eigenvalue weighted by Gasteiger charge is 2.25. The van der Waals surface area contributed by atoms with E-state index >= 15 is 0 Å². The second-order valence-corrected chi connectivity index (χ2v) is 9.09. The Bertz CT molecular complexity index is 978. The molecule has 1 aromatic heterocycles. The lowest BCUT2D eigenvalue weighted by atomic mass is 9.91. The number of anilines is 3. The molecule has 2 aliphatic carbocycles. The topological polar surface area (TPSA) is 91.4 Å². The van der Waals surface area contributed by atoms with Crippen LogP contribution in [0.15, 0.2) is 24.3 Å². The molecule has 0 bridgehead atoms. The summed E-state index contributed by atoms with van der Waals surface area (Å²) in [6.07, 6.45) is 7.90. The minimum atomic E-state index is -2.87. The normalized spacial score (nSPS) is 19.8. The fourth-order valence-electron chi connectivity index (χ4n) is 4.65. The van der Waals surface area contributed by atoms with E-state index in [1.165, 1.54) is 42.7 Å². The Kier molecular flexibility index (Phi) is 7.64. The summed E-state index contributed by atoms with van der Waals surface area (Å²) in [7, 11) is 4.04. The second kappa shape index (κ2) is 10.8. The summed E-state index contributed by atoms with van der Waals surface area (Å²) >= 11 is 0. The smallest absolute Gasteiger partial charge is 0.387 e. The quantitative estimate of drug-likeness (QED) is 0.545. The zero-order valence-corrected chi connectivity index (χ0v) is 19.6. The molecule has 0 spiro atoms. The fraction of sp³-hybridized carbons (Fsp3) is 0.542. The number of aryl methyl sites for hydroxylation is 1. The molecular formula is C24H32F2N6O2. The molecule has 10 heteroatoms. The van der Waals surface area contributed by atoms with E-state index < -0.39 is 6.61 Å². The van der Waals surface area contributed by atoms with Crippen molar-refractivity contribution in [2.24, 2.45) is 0 Å². The van der Waals surface area contributed by atoms with E-state index in [9.17, 15) is 13.6 Å². The van der Waals surface area contributed by atoms with Crippen LogP contribution in [0.25, 0.3) is 0 Å². The van der Waals surface area contributed by atoms with Crippen molar-refractivity contribution in [3.63, 3.8) is 0 Å². The highest BCUT2D eigenvalue weighted by atomic mass is 19.3. The summed E-state index contributed by atoms with van der Waals surface area (Å²) in [4.78, 5) is 24.0. The molecule has 1 saturated carbocycles. The maximum absolute atomic E-state index is 12.3. The highest BCUT2D eigenvalue weighted by molar-refractivity contribution is 5.89. The minimum absolute atomic E-state index is 0.0485. The molecule has 3 N–H and O–H groups in total. The van der Waals surface area contributed by atoms with Gasteiger partial charge in [-0.3, -0.25) is 0 Å². The number of benzene rings is 1. The second-order valence-electron chi connectivity index (χ2n) is 9.09. The Morgan fingerprint density at radius 1 is 1.03 bits per heavy atom. The van der Waals surface area contributed by atoms with Crippen molar-refractivity contribution < 1.29 is 18.3 Å². The summed E-state index contributed by atoms with van der Waals surface area (Å²) in [6.45, 7) is -2.87. The van der Waals surface area contributed by atoms with Gasteiger partial charge in [-0.25, -0.2) is 9.78 Å². The summed E-state index contributed by atoms with van der Waals surface area (Å²) in [5.74, 6) is 1.75. The Labute approximate surface area is 198 Å². The zero-order valence-electron chi connectivity index (χ0n) is 19.6. The number of carbonyl (C=O) groups is 1. The molecule has 0 atom stereocenters. The minimum Gasteiger partial charge on any atom is -0.435 e. The van der Waals surface area contributed by atoms with Crippen LogP contribution in [0.2, 0.25) is 0 Å². The fourth-order valence-corrected chi connectivity index (χ4v) is 4.65. The standard InChI is InChI=1S/C24H32F2N6O2/c1-32(2)21-19-5-3-4-6-20(19)30-23(31-21)27-15-7-9-16(10-8-15)28-24(33)29-17-11-13-18(14-12-17)34-22(25)26/h11-16,22H,3-10H2,1-2H3,(H,27,30,31)(H2,28,29,33)/t15-,16+. The van der Waals surface area contributed by atoms with Crippen LogP contribution < -0.4 is 25.6 Å². The average molecular weight is 475 g/mol. The van der Waals surface area contributed by atoms with E-state index in [2.05, 4.69) is 25.6 Å². The molecule has 1 fully saturated rings. The number of alkyl halides is 2. The lowest BCUT2D eigenvalue weighted by Crippen LogP contribution is -2.42. The Hall–Kier alpha value is -3.17. The number of fused-ring (bicyclic) bond motifs is 1. The third-order valence-electron chi connectivity index (χ3n) is 6.32. The van der Waals surface area contributed by atoms with Gasteiger partial charge in [0, 0.05) is 37.4 Å². The van der Waals surface area contributed by atoms with Gasteiger partial charge < -0.3 is 25.6 Å². The first kappa shape index (κ1) is 24.0. The number of hydrogen-bond acceptors (Lipinski definition) is 6. The molecule has 34 heavy (non-hydrogen) atoms. The van der Waals surface area contributed by atoms with Crippen molar-refractivity contribution in [2.45, 2.75) is 70.1 Å². The molecular weight excluding hydrogens is 442 g/mol. The lowest BCUT2D eigenvalue weighted by molar-refractivity contribution is -0.0498. The van der Waals surface area contributed by atoms with Gasteiger partial charge >= 0.3 is 12.6 Å². The number of ether oxygens (including phenoxy) is 1. The van der Waals surface area contributed by atoms with Crippen molar-refractivity contribution in [3.8, 4) is 5.75 Å². The SMILES string of the molecule is CN(C)c1nc(N[C@H]2CC[C@@H](NC(=O)Nc3ccc(OC(F)F)cc3)CC2)nc2c1CCCC2.